The van der Waals surface area contributed by atoms with E-state index >= 15 is 0 Å². The zero-order valence-corrected chi connectivity index (χ0v) is 9.92. The number of aliphatic hydroxyl groups excluding tert-OH is 1. The molecule has 0 spiro atoms. The third-order valence-corrected chi connectivity index (χ3v) is 2.53. The van der Waals surface area contributed by atoms with Crippen molar-refractivity contribution in [2.24, 2.45) is 0 Å². The quantitative estimate of drug-likeness (QED) is 0.777. The van der Waals surface area contributed by atoms with Gasteiger partial charge in [0.15, 0.2) is 0 Å². The molecule has 0 atom stereocenters. The van der Waals surface area contributed by atoms with E-state index in [4.69, 9.17) is 9.52 Å². The second-order valence-corrected chi connectivity index (χ2v) is 4.46. The second kappa shape index (κ2) is 4.77. The van der Waals surface area contributed by atoms with Crippen molar-refractivity contribution in [3.63, 3.8) is 0 Å². The third-order valence-electron chi connectivity index (χ3n) is 2.53. The van der Waals surface area contributed by atoms with Crippen LogP contribution in [0, 0.1) is 13.8 Å². The monoisotopic (exact) mass is 212 g/mol. The number of hydrogen-bond donors (Lipinski definition) is 2. The Morgan fingerprint density at radius 1 is 1.40 bits per heavy atom. The number of nitrogens with one attached hydrogen (secondary N) is 1. The van der Waals surface area contributed by atoms with Gasteiger partial charge in [-0.1, -0.05) is 0 Å². The molecule has 0 unspecified atom stereocenters. The Kier molecular flexibility index (Phi) is 3.88. The molecule has 0 bridgehead atoms. The fraction of sp³-hybridized carbons (Fsp3) is 0.727. The lowest BCUT2D eigenvalue weighted by Crippen LogP contribution is -2.39. The lowest BCUT2D eigenvalue weighted by Gasteiger charge is -2.24. The van der Waals surface area contributed by atoms with Crippen molar-refractivity contribution in [3.05, 3.63) is 17.3 Å². The van der Waals surface area contributed by atoms with Crippen LogP contribution in [0.5, 0.6) is 0 Å². The van der Waals surface area contributed by atoms with Crippen molar-refractivity contribution in [2.75, 3.05) is 6.61 Å². The molecule has 0 radical (unpaired) electrons. The molecule has 1 rings (SSSR count). The summed E-state index contributed by atoms with van der Waals surface area (Å²) in [4.78, 5) is 4.28. The Morgan fingerprint density at radius 3 is 2.53 bits per heavy atom. The van der Waals surface area contributed by atoms with Gasteiger partial charge in [-0.25, -0.2) is 4.98 Å². The molecule has 15 heavy (non-hydrogen) atoms. The molecule has 0 aliphatic rings. The molecule has 2 N–H and O–H groups in total. The second-order valence-electron chi connectivity index (χ2n) is 4.46. The van der Waals surface area contributed by atoms with E-state index in [1.165, 1.54) is 0 Å². The van der Waals surface area contributed by atoms with Gasteiger partial charge in [0.1, 0.15) is 5.76 Å². The predicted octanol–water partition coefficient (Wildman–Crippen LogP) is 1.54. The average Bonchev–Trinajstić information content (AvgIpc) is 2.44. The van der Waals surface area contributed by atoms with Crippen molar-refractivity contribution >= 4 is 0 Å². The highest BCUT2D eigenvalue weighted by atomic mass is 16.4. The van der Waals surface area contributed by atoms with Gasteiger partial charge in [0.25, 0.3) is 0 Å². The molecule has 0 aliphatic heterocycles. The van der Waals surface area contributed by atoms with Crippen LogP contribution in [-0.4, -0.2) is 22.2 Å². The molecule has 0 amide bonds. The Morgan fingerprint density at radius 2 is 2.07 bits per heavy atom. The van der Waals surface area contributed by atoms with Gasteiger partial charge in [-0.15, -0.1) is 0 Å². The van der Waals surface area contributed by atoms with Crippen LogP contribution in [0.4, 0.5) is 0 Å². The van der Waals surface area contributed by atoms with Gasteiger partial charge in [0, 0.05) is 12.1 Å². The topological polar surface area (TPSA) is 58.3 Å². The number of nitrogens with zero attached hydrogens (tertiary/aromatic N) is 1. The van der Waals surface area contributed by atoms with Crippen LogP contribution in [0.1, 0.15) is 37.6 Å². The van der Waals surface area contributed by atoms with Gasteiger partial charge in [0.2, 0.25) is 5.89 Å². The minimum Gasteiger partial charge on any atom is -0.444 e. The van der Waals surface area contributed by atoms with Gasteiger partial charge >= 0.3 is 0 Å². The molecular formula is C11H20N2O2. The fourth-order valence-corrected chi connectivity index (χ4v) is 1.30. The van der Waals surface area contributed by atoms with Crippen LogP contribution < -0.4 is 5.32 Å². The number of rotatable bonds is 5. The molecule has 0 saturated heterocycles. The van der Waals surface area contributed by atoms with Gasteiger partial charge in [-0.3, -0.25) is 0 Å². The molecule has 0 saturated carbocycles. The van der Waals surface area contributed by atoms with Gasteiger partial charge in [-0.2, -0.15) is 0 Å². The summed E-state index contributed by atoms with van der Waals surface area (Å²) in [6, 6.07) is 0. The van der Waals surface area contributed by atoms with Crippen molar-refractivity contribution in [1.29, 1.82) is 0 Å². The number of aliphatic hydroxyl groups is 1. The molecule has 1 aromatic rings. The van der Waals surface area contributed by atoms with Crippen LogP contribution in [0.2, 0.25) is 0 Å². The highest BCUT2D eigenvalue weighted by molar-refractivity contribution is 5.05. The summed E-state index contributed by atoms with van der Waals surface area (Å²) in [5.41, 5.74) is 0.845. The van der Waals surface area contributed by atoms with E-state index in [0.29, 0.717) is 18.9 Å². The summed E-state index contributed by atoms with van der Waals surface area (Å²) < 4.78 is 5.45. The Labute approximate surface area is 90.7 Å². The first-order valence-electron chi connectivity index (χ1n) is 5.23. The van der Waals surface area contributed by atoms with E-state index < -0.39 is 0 Å². The van der Waals surface area contributed by atoms with Crippen molar-refractivity contribution in [2.45, 2.75) is 46.2 Å². The molecule has 1 aromatic heterocycles. The first-order valence-corrected chi connectivity index (χ1v) is 5.23. The molecule has 1 heterocycles. The van der Waals surface area contributed by atoms with E-state index in [2.05, 4.69) is 10.3 Å². The van der Waals surface area contributed by atoms with E-state index in [1.807, 2.05) is 27.7 Å². The average molecular weight is 212 g/mol. The summed E-state index contributed by atoms with van der Waals surface area (Å²) in [7, 11) is 0. The Balaban J connectivity index is 2.49. The zero-order valence-electron chi connectivity index (χ0n) is 9.92. The first-order chi connectivity index (χ1) is 6.94. The highest BCUT2D eigenvalue weighted by Gasteiger charge is 2.17. The summed E-state index contributed by atoms with van der Waals surface area (Å²) in [6.45, 7) is 8.72. The molecule has 86 valence electrons. The largest absolute Gasteiger partial charge is 0.444 e. The van der Waals surface area contributed by atoms with Gasteiger partial charge in [0.05, 0.1) is 12.2 Å². The SMILES string of the molecule is Cc1nc(CNC(C)(C)CCO)oc1C. The third kappa shape index (κ3) is 3.64. The molecule has 4 nitrogen and oxygen atoms in total. The summed E-state index contributed by atoms with van der Waals surface area (Å²) >= 11 is 0. The summed E-state index contributed by atoms with van der Waals surface area (Å²) in [5, 5.41) is 12.2. The molecule has 0 aromatic carbocycles. The minimum absolute atomic E-state index is 0.0922. The molecular weight excluding hydrogens is 192 g/mol. The van der Waals surface area contributed by atoms with Crippen LogP contribution in [-0.2, 0) is 6.54 Å². The van der Waals surface area contributed by atoms with Crippen molar-refractivity contribution in [1.82, 2.24) is 10.3 Å². The predicted molar refractivity (Wildman–Crippen MR) is 58.6 cm³/mol. The standard InChI is InChI=1S/C11H20N2O2/c1-8-9(2)15-10(13-8)7-12-11(3,4)5-6-14/h12,14H,5-7H2,1-4H3. The number of aryl methyl sites for hydroxylation is 2. The number of oxazole rings is 1. The number of hydrogen-bond acceptors (Lipinski definition) is 4. The maximum absolute atomic E-state index is 8.87. The van der Waals surface area contributed by atoms with E-state index in [1.54, 1.807) is 0 Å². The Bertz CT molecular complexity index is 299. The normalized spacial score (nSPS) is 12.1. The highest BCUT2D eigenvalue weighted by Crippen LogP contribution is 2.11. The maximum atomic E-state index is 8.87. The van der Waals surface area contributed by atoms with Crippen LogP contribution in [0.25, 0.3) is 0 Å². The molecule has 4 heteroatoms. The smallest absolute Gasteiger partial charge is 0.208 e. The van der Waals surface area contributed by atoms with E-state index in [9.17, 15) is 0 Å². The van der Waals surface area contributed by atoms with Crippen LogP contribution >= 0.6 is 0 Å². The van der Waals surface area contributed by atoms with E-state index in [0.717, 1.165) is 11.5 Å². The Hall–Kier alpha value is -0.870. The summed E-state index contributed by atoms with van der Waals surface area (Å²) in [6.07, 6.45) is 0.714. The lowest BCUT2D eigenvalue weighted by atomic mass is 10.0. The van der Waals surface area contributed by atoms with Crippen LogP contribution in [0.3, 0.4) is 0 Å². The minimum atomic E-state index is -0.0922. The van der Waals surface area contributed by atoms with Crippen LogP contribution in [0.15, 0.2) is 4.42 Å². The van der Waals surface area contributed by atoms with Gasteiger partial charge < -0.3 is 14.8 Å². The number of aromatic nitrogens is 1. The van der Waals surface area contributed by atoms with Gasteiger partial charge in [-0.05, 0) is 34.1 Å². The maximum Gasteiger partial charge on any atom is 0.208 e. The lowest BCUT2D eigenvalue weighted by molar-refractivity contribution is 0.226. The molecule has 0 fully saturated rings. The van der Waals surface area contributed by atoms with Crippen molar-refractivity contribution < 1.29 is 9.52 Å². The van der Waals surface area contributed by atoms with E-state index in [-0.39, 0.29) is 12.1 Å². The van der Waals surface area contributed by atoms with Crippen molar-refractivity contribution in [3.8, 4) is 0 Å². The zero-order chi connectivity index (χ0) is 11.5. The fourth-order valence-electron chi connectivity index (χ4n) is 1.30. The molecule has 0 aliphatic carbocycles. The first kappa shape index (κ1) is 12.2. The summed E-state index contributed by atoms with van der Waals surface area (Å²) in [5.74, 6) is 1.57.